The minimum atomic E-state index is -0.611. The van der Waals surface area contributed by atoms with E-state index in [1.165, 1.54) is 0 Å². The molecule has 0 saturated carbocycles. The fraction of sp³-hybridized carbons (Fsp3) is 0.375. The molecule has 0 bridgehead atoms. The van der Waals surface area contributed by atoms with Crippen LogP contribution in [0.4, 0.5) is 0 Å². The lowest BCUT2D eigenvalue weighted by Gasteiger charge is -1.87. The summed E-state index contributed by atoms with van der Waals surface area (Å²) in [6, 6.07) is 5.72. The van der Waals surface area contributed by atoms with E-state index in [-0.39, 0.29) is 0 Å². The molecule has 0 amide bonds. The first-order chi connectivity index (χ1) is 5.73. The maximum Gasteiger partial charge on any atom is 0.0946 e. The highest BCUT2D eigenvalue weighted by Crippen LogP contribution is 1.73. The van der Waals surface area contributed by atoms with Gasteiger partial charge in [-0.05, 0) is 12.1 Å². The molecule has 0 fully saturated rings. The van der Waals surface area contributed by atoms with Gasteiger partial charge in [-0.1, -0.05) is 17.2 Å². The second-order valence-corrected chi connectivity index (χ2v) is 3.25. The summed E-state index contributed by atoms with van der Waals surface area (Å²) in [6.07, 6.45) is 6.78. The van der Waals surface area contributed by atoms with Crippen molar-refractivity contribution in [1.29, 1.82) is 0 Å². The van der Waals surface area contributed by atoms with Gasteiger partial charge in [-0.2, -0.15) is 0 Å². The number of pyridine rings is 1. The topological polar surface area (TPSA) is 56.2 Å². The first kappa shape index (κ1) is 14.0. The predicted octanol–water partition coefficient (Wildman–Crippen LogP) is 0.685. The molecule has 0 aromatic carbocycles. The summed E-state index contributed by atoms with van der Waals surface area (Å²) in [7, 11) is 1.00. The molecule has 70 valence electrons. The van der Waals surface area contributed by atoms with Gasteiger partial charge >= 0.3 is 0 Å². The predicted molar refractivity (Wildman–Crippen MR) is 52.4 cm³/mol. The molecule has 0 aliphatic rings. The number of aromatic nitrogens is 1. The zero-order valence-corrected chi connectivity index (χ0v) is 8.41. The van der Waals surface area contributed by atoms with Crippen molar-refractivity contribution in [3.63, 3.8) is 0 Å². The maximum atomic E-state index is 9.56. The van der Waals surface area contributed by atoms with Gasteiger partial charge in [0.25, 0.3) is 0 Å². The molecule has 0 atom stereocenters. The second kappa shape index (κ2) is 13.0. The molecule has 0 radical (unpaired) electrons. The minimum absolute atomic E-state index is 0.611. The van der Waals surface area contributed by atoms with Gasteiger partial charge in [-0.25, -0.2) is 0 Å². The number of hydrogen-bond donors (Lipinski definition) is 1. The van der Waals surface area contributed by atoms with Crippen LogP contribution in [0.3, 0.4) is 0 Å². The zero-order valence-electron chi connectivity index (χ0n) is 7.60. The van der Waals surface area contributed by atoms with E-state index < -0.39 is 11.2 Å². The Morgan fingerprint density at radius 1 is 1.08 bits per heavy atom. The first-order valence-electron chi connectivity index (χ1n) is 3.28. The molecule has 12 heavy (non-hydrogen) atoms. The second-order valence-electron chi connectivity index (χ2n) is 1.77. The van der Waals surface area contributed by atoms with Crippen molar-refractivity contribution in [2.45, 2.75) is 0 Å². The molecule has 1 N–H and O–H groups in total. The van der Waals surface area contributed by atoms with E-state index >= 15 is 0 Å². The smallest absolute Gasteiger partial charge is 0.0946 e. The van der Waals surface area contributed by atoms with Crippen LogP contribution >= 0.6 is 0 Å². The molecule has 0 spiro atoms. The number of nitrogens with zero attached hydrogens (tertiary/aromatic N) is 1. The van der Waals surface area contributed by atoms with E-state index in [2.05, 4.69) is 4.98 Å². The summed E-state index contributed by atoms with van der Waals surface area (Å²) < 4.78 is 9.56. The van der Waals surface area contributed by atoms with Crippen molar-refractivity contribution in [1.82, 2.24) is 4.98 Å². The van der Waals surface area contributed by atoms with Gasteiger partial charge < -0.3 is 9.66 Å². The Bertz CT molecular complexity index is 118. The van der Waals surface area contributed by atoms with Crippen LogP contribution in [0.2, 0.25) is 0 Å². The number of aliphatic hydroxyl groups is 1. The van der Waals surface area contributed by atoms with Crippen LogP contribution in [0.15, 0.2) is 30.6 Å². The van der Waals surface area contributed by atoms with Crippen molar-refractivity contribution in [2.24, 2.45) is 0 Å². The molecular weight excluding hydrogens is 174 g/mol. The standard InChI is InChI=1S/C5H5N.C2H6OS.CH4O/c1-2-4-6-5-3-1;1-4(2)3;1-2/h1-5H;1-2H3;2H,1H3. The monoisotopic (exact) mass is 189 g/mol. The fourth-order valence-corrected chi connectivity index (χ4v) is 0.313. The molecule has 0 saturated heterocycles. The van der Waals surface area contributed by atoms with Crippen molar-refractivity contribution >= 4 is 11.2 Å². The zero-order chi connectivity index (χ0) is 9.82. The molecule has 0 aliphatic carbocycles. The molecule has 0 aliphatic heterocycles. The van der Waals surface area contributed by atoms with Crippen molar-refractivity contribution in [3.8, 4) is 0 Å². The molecule has 1 aromatic heterocycles. The van der Waals surface area contributed by atoms with E-state index in [1.54, 1.807) is 24.9 Å². The van der Waals surface area contributed by atoms with Crippen molar-refractivity contribution in [2.75, 3.05) is 19.6 Å². The van der Waals surface area contributed by atoms with Crippen molar-refractivity contribution < 1.29 is 9.66 Å². The van der Waals surface area contributed by atoms with E-state index in [1.807, 2.05) is 18.2 Å². The van der Waals surface area contributed by atoms with Crippen LogP contribution in [-0.4, -0.2) is 34.3 Å². The van der Waals surface area contributed by atoms with E-state index in [9.17, 15) is 4.55 Å². The van der Waals surface area contributed by atoms with Crippen LogP contribution in [0.5, 0.6) is 0 Å². The Morgan fingerprint density at radius 3 is 1.50 bits per heavy atom. The summed E-state index contributed by atoms with van der Waals surface area (Å²) in [6.45, 7) is 0. The Kier molecular flexibility index (Phi) is 15.2. The molecule has 3 nitrogen and oxygen atoms in total. The summed E-state index contributed by atoms with van der Waals surface area (Å²) in [5, 5.41) is 7.00. The highest BCUT2D eigenvalue weighted by molar-refractivity contribution is 7.89. The molecule has 4 heteroatoms. The van der Waals surface area contributed by atoms with Gasteiger partial charge in [-0.3, -0.25) is 4.98 Å². The third kappa shape index (κ3) is 22.7. The third-order valence-electron chi connectivity index (χ3n) is 0.566. The Labute approximate surface area is 76.6 Å². The van der Waals surface area contributed by atoms with Crippen LogP contribution in [0.1, 0.15) is 0 Å². The van der Waals surface area contributed by atoms with Crippen LogP contribution < -0.4 is 0 Å². The Balaban J connectivity index is 0. The van der Waals surface area contributed by atoms with Crippen LogP contribution in [0.25, 0.3) is 0 Å². The highest BCUT2D eigenvalue weighted by Gasteiger charge is 1.66. The summed E-state index contributed by atoms with van der Waals surface area (Å²) in [5.74, 6) is 0. The maximum absolute atomic E-state index is 9.56. The number of hydrogen-bond acceptors (Lipinski definition) is 3. The average molecular weight is 189 g/mol. The fourth-order valence-electron chi connectivity index (χ4n) is 0.313. The molecule has 1 rings (SSSR count). The summed E-state index contributed by atoms with van der Waals surface area (Å²) in [4.78, 5) is 3.78. The van der Waals surface area contributed by atoms with Gasteiger partial charge in [0.15, 0.2) is 0 Å². The van der Waals surface area contributed by atoms with Gasteiger partial charge in [0.05, 0.1) is 12.5 Å². The molecule has 0 unspecified atom stereocenters. The van der Waals surface area contributed by atoms with Crippen LogP contribution in [-0.2, 0) is 11.2 Å². The quantitative estimate of drug-likeness (QED) is 0.611. The summed E-state index contributed by atoms with van der Waals surface area (Å²) >= 11 is -0.611. The lowest BCUT2D eigenvalue weighted by Crippen LogP contribution is -1.86. The SMILES string of the molecule is CO.C[S+](C)[O-].c1ccncc1. The average Bonchev–Trinajstić information content (AvgIpc) is 2.10. The van der Waals surface area contributed by atoms with Gasteiger partial charge in [0.2, 0.25) is 0 Å². The van der Waals surface area contributed by atoms with E-state index in [4.69, 9.17) is 5.11 Å². The Morgan fingerprint density at radius 2 is 1.42 bits per heavy atom. The lowest BCUT2D eigenvalue weighted by atomic mass is 10.5. The Hall–Kier alpha value is -0.580. The third-order valence-corrected chi connectivity index (χ3v) is 0.566. The first-order valence-corrected chi connectivity index (χ1v) is 5.25. The summed E-state index contributed by atoms with van der Waals surface area (Å²) in [5.41, 5.74) is 0. The lowest BCUT2D eigenvalue weighted by molar-refractivity contribution is 0.399. The van der Waals surface area contributed by atoms with E-state index in [0.717, 1.165) is 7.11 Å². The number of aliphatic hydroxyl groups excluding tert-OH is 1. The molecule has 1 aromatic rings. The van der Waals surface area contributed by atoms with Crippen molar-refractivity contribution in [3.05, 3.63) is 30.6 Å². The van der Waals surface area contributed by atoms with E-state index in [0.29, 0.717) is 0 Å². The minimum Gasteiger partial charge on any atom is -0.617 e. The largest absolute Gasteiger partial charge is 0.617 e. The molecule has 1 heterocycles. The van der Waals surface area contributed by atoms with Gasteiger partial charge in [-0.15, -0.1) is 0 Å². The molecular formula is C8H15NO2S. The van der Waals surface area contributed by atoms with Crippen LogP contribution in [0, 0.1) is 0 Å². The van der Waals surface area contributed by atoms with Gasteiger partial charge in [0, 0.05) is 19.5 Å². The highest BCUT2D eigenvalue weighted by atomic mass is 32.2. The number of rotatable bonds is 0. The normalized spacial score (nSPS) is 7.50. The van der Waals surface area contributed by atoms with Gasteiger partial charge in [0.1, 0.15) is 0 Å².